The van der Waals surface area contributed by atoms with E-state index in [1.54, 1.807) is 0 Å². The van der Waals surface area contributed by atoms with Gasteiger partial charge in [-0.25, -0.2) is 0 Å². The molecular weight excluding hydrogens is 297 g/mol. The van der Waals surface area contributed by atoms with E-state index in [1.165, 1.54) is 9.85 Å². The molecule has 0 aliphatic carbocycles. The molecule has 3 aromatic rings. The SMILES string of the molecule is N#Cc1cc2ccccc2cc1[Se]c1ccccc1. The van der Waals surface area contributed by atoms with Crippen molar-refractivity contribution in [3.8, 4) is 6.07 Å². The topological polar surface area (TPSA) is 23.8 Å². The third-order valence-electron chi connectivity index (χ3n) is 2.94. The molecule has 0 aromatic heterocycles. The average Bonchev–Trinajstić information content (AvgIpc) is 2.47. The molecular formula is C17H11NSe. The van der Waals surface area contributed by atoms with Crippen LogP contribution in [0.5, 0.6) is 0 Å². The summed E-state index contributed by atoms with van der Waals surface area (Å²) in [5.74, 6) is 0. The number of rotatable bonds is 2. The second kappa shape index (κ2) is 5.28. The van der Waals surface area contributed by atoms with E-state index in [2.05, 4.69) is 36.4 Å². The van der Waals surface area contributed by atoms with Crippen molar-refractivity contribution < 1.29 is 0 Å². The number of nitriles is 1. The first-order valence-corrected chi connectivity index (χ1v) is 7.74. The fourth-order valence-electron chi connectivity index (χ4n) is 2.01. The van der Waals surface area contributed by atoms with Gasteiger partial charge in [-0.15, -0.1) is 0 Å². The standard InChI is InChI=1S/C17H11NSe/c18-12-15-10-13-6-4-5-7-14(13)11-17(15)19-16-8-2-1-3-9-16/h1-11H. The first-order chi connectivity index (χ1) is 9.36. The molecule has 0 atom stereocenters. The third kappa shape index (κ3) is 2.53. The molecule has 0 spiro atoms. The van der Waals surface area contributed by atoms with Crippen molar-refractivity contribution in [1.29, 1.82) is 5.26 Å². The molecule has 0 saturated carbocycles. The second-order valence-electron chi connectivity index (χ2n) is 4.22. The number of hydrogen-bond acceptors (Lipinski definition) is 1. The summed E-state index contributed by atoms with van der Waals surface area (Å²) in [6.07, 6.45) is 0. The molecule has 2 heteroatoms. The summed E-state index contributed by atoms with van der Waals surface area (Å²) in [5.41, 5.74) is 0.794. The average molecular weight is 308 g/mol. The zero-order valence-electron chi connectivity index (χ0n) is 10.2. The normalized spacial score (nSPS) is 10.3. The van der Waals surface area contributed by atoms with E-state index < -0.39 is 0 Å². The van der Waals surface area contributed by atoms with E-state index in [1.807, 2.05) is 36.4 Å². The molecule has 0 heterocycles. The zero-order chi connectivity index (χ0) is 13.1. The number of benzene rings is 3. The maximum absolute atomic E-state index is 9.32. The molecule has 0 radical (unpaired) electrons. The number of nitrogens with zero attached hydrogens (tertiary/aromatic N) is 1. The second-order valence-corrected chi connectivity index (χ2v) is 6.56. The van der Waals surface area contributed by atoms with Crippen molar-refractivity contribution in [2.75, 3.05) is 0 Å². The molecule has 3 rings (SSSR count). The Balaban J connectivity index is 2.10. The number of hydrogen-bond donors (Lipinski definition) is 0. The summed E-state index contributed by atoms with van der Waals surface area (Å²) in [7, 11) is 0. The van der Waals surface area contributed by atoms with Crippen LogP contribution in [-0.4, -0.2) is 15.0 Å². The summed E-state index contributed by atoms with van der Waals surface area (Å²) in [6, 6.07) is 25.0. The Morgan fingerprint density at radius 3 is 2.11 bits per heavy atom. The van der Waals surface area contributed by atoms with Crippen LogP contribution in [0, 0.1) is 11.3 Å². The van der Waals surface area contributed by atoms with Gasteiger partial charge in [-0.2, -0.15) is 0 Å². The molecule has 0 aliphatic rings. The molecule has 0 aliphatic heterocycles. The first kappa shape index (κ1) is 12.0. The Bertz CT molecular complexity index is 757. The van der Waals surface area contributed by atoms with Gasteiger partial charge in [0, 0.05) is 0 Å². The molecule has 3 aromatic carbocycles. The quantitative estimate of drug-likeness (QED) is 0.667. The van der Waals surface area contributed by atoms with Gasteiger partial charge in [-0.3, -0.25) is 0 Å². The van der Waals surface area contributed by atoms with E-state index >= 15 is 0 Å². The zero-order valence-corrected chi connectivity index (χ0v) is 11.9. The Labute approximate surface area is 118 Å². The Morgan fingerprint density at radius 1 is 0.789 bits per heavy atom. The Morgan fingerprint density at radius 2 is 1.42 bits per heavy atom. The van der Waals surface area contributed by atoms with Crippen LogP contribution in [-0.2, 0) is 0 Å². The van der Waals surface area contributed by atoms with E-state index in [-0.39, 0.29) is 15.0 Å². The molecule has 0 unspecified atom stereocenters. The van der Waals surface area contributed by atoms with E-state index in [0.29, 0.717) is 0 Å². The van der Waals surface area contributed by atoms with Crippen LogP contribution >= 0.6 is 0 Å². The predicted octanol–water partition coefficient (Wildman–Crippen LogP) is 2.37. The fourth-order valence-corrected chi connectivity index (χ4v) is 3.99. The molecule has 0 bridgehead atoms. The molecule has 0 saturated heterocycles. The van der Waals surface area contributed by atoms with Crippen LogP contribution in [0.3, 0.4) is 0 Å². The van der Waals surface area contributed by atoms with Gasteiger partial charge in [0.1, 0.15) is 0 Å². The summed E-state index contributed by atoms with van der Waals surface area (Å²) in [4.78, 5) is 0. The summed E-state index contributed by atoms with van der Waals surface area (Å²) < 4.78 is 2.45. The van der Waals surface area contributed by atoms with Gasteiger partial charge in [0.05, 0.1) is 0 Å². The van der Waals surface area contributed by atoms with Crippen LogP contribution in [0.15, 0.2) is 66.7 Å². The molecule has 90 valence electrons. The minimum absolute atomic E-state index is 0.177. The third-order valence-corrected chi connectivity index (χ3v) is 5.17. The molecule has 19 heavy (non-hydrogen) atoms. The summed E-state index contributed by atoms with van der Waals surface area (Å²) in [5, 5.41) is 11.7. The van der Waals surface area contributed by atoms with Crippen LogP contribution in [0.1, 0.15) is 5.56 Å². The fraction of sp³-hybridized carbons (Fsp3) is 0. The van der Waals surface area contributed by atoms with Crippen molar-refractivity contribution in [2.24, 2.45) is 0 Å². The monoisotopic (exact) mass is 309 g/mol. The number of fused-ring (bicyclic) bond motifs is 1. The van der Waals surface area contributed by atoms with Gasteiger partial charge in [0.25, 0.3) is 0 Å². The summed E-state index contributed by atoms with van der Waals surface area (Å²) in [6.45, 7) is 0. The molecule has 0 N–H and O–H groups in total. The van der Waals surface area contributed by atoms with Crippen LogP contribution in [0.2, 0.25) is 0 Å². The van der Waals surface area contributed by atoms with Gasteiger partial charge < -0.3 is 0 Å². The van der Waals surface area contributed by atoms with Gasteiger partial charge in [0.2, 0.25) is 0 Å². The van der Waals surface area contributed by atoms with E-state index in [4.69, 9.17) is 0 Å². The van der Waals surface area contributed by atoms with Gasteiger partial charge >= 0.3 is 118 Å². The maximum atomic E-state index is 9.32. The van der Waals surface area contributed by atoms with Crippen LogP contribution in [0.25, 0.3) is 10.8 Å². The molecule has 0 amide bonds. The van der Waals surface area contributed by atoms with E-state index in [9.17, 15) is 5.26 Å². The molecule has 0 fully saturated rings. The Hall–Kier alpha value is -2.07. The van der Waals surface area contributed by atoms with Crippen molar-refractivity contribution >= 4 is 34.7 Å². The van der Waals surface area contributed by atoms with Crippen molar-refractivity contribution in [1.82, 2.24) is 0 Å². The van der Waals surface area contributed by atoms with Gasteiger partial charge in [0.15, 0.2) is 0 Å². The molecule has 1 nitrogen and oxygen atoms in total. The predicted molar refractivity (Wildman–Crippen MR) is 80.1 cm³/mol. The van der Waals surface area contributed by atoms with Crippen molar-refractivity contribution in [3.63, 3.8) is 0 Å². The van der Waals surface area contributed by atoms with Crippen LogP contribution in [0.4, 0.5) is 0 Å². The van der Waals surface area contributed by atoms with Gasteiger partial charge in [-0.1, -0.05) is 0 Å². The van der Waals surface area contributed by atoms with Crippen molar-refractivity contribution in [3.05, 3.63) is 72.3 Å². The minimum atomic E-state index is 0.177. The summed E-state index contributed by atoms with van der Waals surface area (Å²) >= 11 is 0.177. The first-order valence-electron chi connectivity index (χ1n) is 6.02. The van der Waals surface area contributed by atoms with E-state index in [0.717, 1.165) is 15.4 Å². The van der Waals surface area contributed by atoms with Gasteiger partial charge in [-0.05, 0) is 0 Å². The Kier molecular flexibility index (Phi) is 3.33. The van der Waals surface area contributed by atoms with Crippen molar-refractivity contribution in [2.45, 2.75) is 0 Å². The van der Waals surface area contributed by atoms with Crippen LogP contribution < -0.4 is 8.92 Å².